The van der Waals surface area contributed by atoms with E-state index >= 15 is 0 Å². The molecule has 0 aromatic heterocycles. The van der Waals surface area contributed by atoms with Gasteiger partial charge in [0.25, 0.3) is 0 Å². The van der Waals surface area contributed by atoms with E-state index in [4.69, 9.17) is 4.74 Å². The van der Waals surface area contributed by atoms with Crippen LogP contribution in [-0.2, 0) is 11.3 Å². The van der Waals surface area contributed by atoms with Crippen LogP contribution in [0.1, 0.15) is 69.1 Å². The van der Waals surface area contributed by atoms with Gasteiger partial charge in [0.15, 0.2) is 5.84 Å². The Bertz CT molecular complexity index is 1090. The number of amidine groups is 1. The SMILES string of the molecule is CCCC1(CC)C=C(c2ccc(C3=NNN(CCCCCNS(=O)[O-])N3)cc2)c2ccccc2O1. The van der Waals surface area contributed by atoms with Crippen LogP contribution in [-0.4, -0.2) is 38.4 Å². The summed E-state index contributed by atoms with van der Waals surface area (Å²) in [7, 11) is 0. The normalized spacial score (nSPS) is 20.2. The summed E-state index contributed by atoms with van der Waals surface area (Å²) in [5, 5.41) is 6.26. The number of hydrazine groups is 2. The summed E-state index contributed by atoms with van der Waals surface area (Å²) in [6.07, 6.45) is 7.92. The van der Waals surface area contributed by atoms with Crippen LogP contribution >= 0.6 is 0 Å². The number of hydrogen-bond acceptors (Lipinski definition) is 7. The molecule has 2 aromatic carbocycles. The van der Waals surface area contributed by atoms with Crippen LogP contribution in [0.3, 0.4) is 0 Å². The fourth-order valence-electron chi connectivity index (χ4n) is 4.56. The van der Waals surface area contributed by atoms with Crippen LogP contribution in [0.15, 0.2) is 59.7 Å². The number of fused-ring (bicyclic) bond motifs is 1. The van der Waals surface area contributed by atoms with Gasteiger partial charge < -0.3 is 9.29 Å². The summed E-state index contributed by atoms with van der Waals surface area (Å²) in [5.41, 5.74) is 10.5. The van der Waals surface area contributed by atoms with Crippen molar-refractivity contribution in [2.24, 2.45) is 5.10 Å². The maximum absolute atomic E-state index is 10.5. The summed E-state index contributed by atoms with van der Waals surface area (Å²) in [5.74, 6) is 1.72. The molecule has 3 N–H and O–H groups in total. The second-order valence-corrected chi connectivity index (χ2v) is 9.67. The van der Waals surface area contributed by atoms with Crippen molar-refractivity contribution in [2.75, 3.05) is 13.1 Å². The van der Waals surface area contributed by atoms with E-state index in [1.165, 1.54) is 5.57 Å². The molecule has 0 spiro atoms. The van der Waals surface area contributed by atoms with E-state index in [2.05, 4.69) is 83.2 Å². The number of benzene rings is 2. The van der Waals surface area contributed by atoms with Gasteiger partial charge in [0, 0.05) is 35.5 Å². The molecule has 0 fully saturated rings. The molecular weight excluding hydrogens is 462 g/mol. The largest absolute Gasteiger partial charge is 0.760 e. The minimum atomic E-state index is -2.18. The van der Waals surface area contributed by atoms with E-state index in [9.17, 15) is 8.76 Å². The Balaban J connectivity index is 1.40. The number of ether oxygens (including phenoxy) is 1. The maximum Gasteiger partial charge on any atom is 0.170 e. The third-order valence-electron chi connectivity index (χ3n) is 6.44. The Labute approximate surface area is 210 Å². The summed E-state index contributed by atoms with van der Waals surface area (Å²) < 4.78 is 29.8. The lowest BCUT2D eigenvalue weighted by Gasteiger charge is -2.36. The Morgan fingerprint density at radius 1 is 1.09 bits per heavy atom. The predicted octanol–water partition coefficient (Wildman–Crippen LogP) is 4.00. The monoisotopic (exact) mass is 496 g/mol. The number of para-hydroxylation sites is 1. The van der Waals surface area contributed by atoms with Crippen molar-refractivity contribution in [1.82, 2.24) is 20.8 Å². The van der Waals surface area contributed by atoms with Gasteiger partial charge in [-0.2, -0.15) is 0 Å². The first kappa shape index (κ1) is 25.4. The van der Waals surface area contributed by atoms with Crippen LogP contribution < -0.4 is 20.4 Å². The van der Waals surface area contributed by atoms with Crippen molar-refractivity contribution in [2.45, 2.75) is 58.0 Å². The quantitative estimate of drug-likeness (QED) is 0.303. The highest BCUT2D eigenvalue weighted by Crippen LogP contribution is 2.42. The third-order valence-corrected chi connectivity index (χ3v) is 6.88. The molecule has 0 saturated carbocycles. The van der Waals surface area contributed by atoms with Crippen molar-refractivity contribution in [3.63, 3.8) is 0 Å². The minimum absolute atomic E-state index is 0.277. The average Bonchev–Trinajstić information content (AvgIpc) is 3.35. The van der Waals surface area contributed by atoms with Gasteiger partial charge in [-0.05, 0) is 49.0 Å². The molecule has 2 aliphatic heterocycles. The van der Waals surface area contributed by atoms with Gasteiger partial charge in [0.1, 0.15) is 11.4 Å². The van der Waals surface area contributed by atoms with Gasteiger partial charge in [0.2, 0.25) is 0 Å². The highest BCUT2D eigenvalue weighted by Gasteiger charge is 2.33. The molecule has 8 nitrogen and oxygen atoms in total. The van der Waals surface area contributed by atoms with E-state index in [1.807, 2.05) is 11.2 Å². The summed E-state index contributed by atoms with van der Waals surface area (Å²) in [6.45, 7) is 5.61. The molecule has 2 aromatic rings. The fraction of sp³-hybridized carbons (Fsp3) is 0.423. The second-order valence-electron chi connectivity index (χ2n) is 8.92. The molecule has 35 heavy (non-hydrogen) atoms. The summed E-state index contributed by atoms with van der Waals surface area (Å²) in [4.78, 5) is 0. The van der Waals surface area contributed by atoms with Crippen molar-refractivity contribution in [1.29, 1.82) is 0 Å². The smallest absolute Gasteiger partial charge is 0.170 e. The first-order chi connectivity index (χ1) is 17.0. The Kier molecular flexibility index (Phi) is 8.56. The van der Waals surface area contributed by atoms with Crippen molar-refractivity contribution < 1.29 is 13.5 Å². The standard InChI is InChI=1S/C26H35N5O3S/c1-3-16-26(4-2)19-23(22-10-6-7-11-24(22)34-26)20-12-14-21(15-13-20)25-28-30-31(29-25)18-9-5-8-17-27-35(32)33/h6-7,10-15,19,27,30H,3-5,8-9,16-18H2,1-2H3,(H,28,29)(H,32,33)/p-1. The highest BCUT2D eigenvalue weighted by atomic mass is 32.2. The first-order valence-corrected chi connectivity index (χ1v) is 13.4. The molecule has 0 radical (unpaired) electrons. The molecule has 2 heterocycles. The van der Waals surface area contributed by atoms with E-state index in [-0.39, 0.29) is 5.60 Å². The molecule has 0 aliphatic carbocycles. The maximum atomic E-state index is 10.5. The fourth-order valence-corrected chi connectivity index (χ4v) is 4.87. The molecule has 4 rings (SSSR count). The van der Waals surface area contributed by atoms with E-state index in [0.29, 0.717) is 6.54 Å². The number of hydrazone groups is 1. The first-order valence-electron chi connectivity index (χ1n) is 12.4. The molecule has 2 unspecified atom stereocenters. The topological polar surface area (TPSA) is 101 Å². The zero-order valence-corrected chi connectivity index (χ0v) is 21.2. The van der Waals surface area contributed by atoms with Crippen LogP contribution in [0.25, 0.3) is 5.57 Å². The molecule has 2 aliphatic rings. The van der Waals surface area contributed by atoms with Gasteiger partial charge in [-0.1, -0.05) is 69.2 Å². The lowest BCUT2D eigenvalue weighted by atomic mass is 9.84. The minimum Gasteiger partial charge on any atom is -0.760 e. The molecule has 2 atom stereocenters. The zero-order valence-electron chi connectivity index (χ0n) is 20.4. The van der Waals surface area contributed by atoms with Crippen LogP contribution in [0, 0.1) is 0 Å². The van der Waals surface area contributed by atoms with Gasteiger partial charge in [-0.3, -0.25) is 9.63 Å². The second kappa shape index (κ2) is 11.8. The summed E-state index contributed by atoms with van der Waals surface area (Å²) in [6, 6.07) is 16.8. The van der Waals surface area contributed by atoms with Crippen LogP contribution in [0.4, 0.5) is 0 Å². The third kappa shape index (κ3) is 6.29. The number of nitrogens with one attached hydrogen (secondary N) is 3. The Morgan fingerprint density at radius 3 is 2.60 bits per heavy atom. The molecule has 0 amide bonds. The van der Waals surface area contributed by atoms with Crippen molar-refractivity contribution in [3.8, 4) is 5.75 Å². The number of nitrogens with zero attached hydrogens (tertiary/aromatic N) is 2. The zero-order chi connectivity index (χ0) is 24.7. The molecule has 188 valence electrons. The van der Waals surface area contributed by atoms with E-state index in [0.717, 1.165) is 73.3 Å². The van der Waals surface area contributed by atoms with Gasteiger partial charge in [-0.25, -0.2) is 10.3 Å². The predicted molar refractivity (Wildman–Crippen MR) is 139 cm³/mol. The average molecular weight is 497 g/mol. The van der Waals surface area contributed by atoms with Gasteiger partial charge >= 0.3 is 0 Å². The van der Waals surface area contributed by atoms with Crippen molar-refractivity contribution >= 4 is 22.7 Å². The molecular formula is C26H34N5O3S-. The van der Waals surface area contributed by atoms with Gasteiger partial charge in [-0.15, -0.1) is 10.2 Å². The Hall–Kier alpha value is -2.72. The summed E-state index contributed by atoms with van der Waals surface area (Å²) >= 11 is -2.18. The molecule has 9 heteroatoms. The van der Waals surface area contributed by atoms with Gasteiger partial charge in [0.05, 0.1) is 0 Å². The van der Waals surface area contributed by atoms with Crippen molar-refractivity contribution in [3.05, 3.63) is 71.3 Å². The van der Waals surface area contributed by atoms with Crippen LogP contribution in [0.5, 0.6) is 5.75 Å². The van der Waals surface area contributed by atoms with Crippen LogP contribution in [0.2, 0.25) is 0 Å². The number of rotatable bonds is 12. The number of hydrogen-bond donors (Lipinski definition) is 3. The molecule has 0 saturated heterocycles. The number of unbranched alkanes of at least 4 members (excludes halogenated alkanes) is 2. The van der Waals surface area contributed by atoms with E-state index in [1.54, 1.807) is 0 Å². The molecule has 0 bridgehead atoms. The lowest BCUT2D eigenvalue weighted by Crippen LogP contribution is -2.42. The Morgan fingerprint density at radius 2 is 1.86 bits per heavy atom. The van der Waals surface area contributed by atoms with E-state index < -0.39 is 11.3 Å². The highest BCUT2D eigenvalue weighted by molar-refractivity contribution is 7.77. The lowest BCUT2D eigenvalue weighted by molar-refractivity contribution is 0.101.